The summed E-state index contributed by atoms with van der Waals surface area (Å²) in [6.07, 6.45) is 1.78. The lowest BCUT2D eigenvalue weighted by Gasteiger charge is -2.10. The highest BCUT2D eigenvalue weighted by molar-refractivity contribution is 8.02. The fraction of sp³-hybridized carbons (Fsp3) is 0.250. The van der Waals surface area contributed by atoms with Crippen molar-refractivity contribution in [2.75, 3.05) is 25.7 Å². The van der Waals surface area contributed by atoms with E-state index < -0.39 is 4.92 Å². The van der Waals surface area contributed by atoms with E-state index in [0.717, 1.165) is 5.69 Å². The van der Waals surface area contributed by atoms with Crippen molar-refractivity contribution in [3.8, 4) is 0 Å². The van der Waals surface area contributed by atoms with Gasteiger partial charge in [0.25, 0.3) is 0 Å². The summed E-state index contributed by atoms with van der Waals surface area (Å²) < 4.78 is 0. The number of thioether (sulfide) groups is 1. The second-order valence-electron chi connectivity index (χ2n) is 3.45. The van der Waals surface area contributed by atoms with Gasteiger partial charge in [0.1, 0.15) is 0 Å². The van der Waals surface area contributed by atoms with Crippen LogP contribution in [-0.4, -0.2) is 31.1 Å². The first-order chi connectivity index (χ1) is 9.13. The molecule has 1 aromatic rings. The van der Waals surface area contributed by atoms with E-state index in [4.69, 9.17) is 0 Å². The van der Waals surface area contributed by atoms with Crippen molar-refractivity contribution in [1.29, 1.82) is 0 Å². The third-order valence-corrected chi connectivity index (χ3v) is 3.02. The average molecular weight is 280 g/mol. The van der Waals surface area contributed by atoms with Crippen molar-refractivity contribution in [2.45, 2.75) is 0 Å². The van der Waals surface area contributed by atoms with Gasteiger partial charge in [-0.3, -0.25) is 15.1 Å². The smallest absolute Gasteiger partial charge is 0.340 e. The van der Waals surface area contributed by atoms with Gasteiger partial charge >= 0.3 is 5.70 Å². The highest BCUT2D eigenvalue weighted by Gasteiger charge is 2.24. The Morgan fingerprint density at radius 3 is 2.42 bits per heavy atom. The van der Waals surface area contributed by atoms with E-state index in [0.29, 0.717) is 5.03 Å². The zero-order valence-corrected chi connectivity index (χ0v) is 11.8. The van der Waals surface area contributed by atoms with Crippen LogP contribution < -0.4 is 10.6 Å². The lowest BCUT2D eigenvalue weighted by Crippen LogP contribution is -2.27. The van der Waals surface area contributed by atoms with Gasteiger partial charge in [-0.15, -0.1) is 11.8 Å². The van der Waals surface area contributed by atoms with Crippen LogP contribution in [0.5, 0.6) is 0 Å². The number of para-hydroxylation sites is 1. The maximum Gasteiger partial charge on any atom is 0.340 e. The second-order valence-corrected chi connectivity index (χ2v) is 4.27. The van der Waals surface area contributed by atoms with Gasteiger partial charge in [-0.25, -0.2) is 0 Å². The third-order valence-electron chi connectivity index (χ3n) is 2.32. The summed E-state index contributed by atoms with van der Waals surface area (Å²) in [5, 5.41) is 17.4. The number of likely N-dealkylation sites (N-methyl/N-ethyl adjacent to an activating group) is 1. The van der Waals surface area contributed by atoms with Crippen LogP contribution in [0.1, 0.15) is 0 Å². The van der Waals surface area contributed by atoms with Gasteiger partial charge in [-0.1, -0.05) is 18.2 Å². The minimum atomic E-state index is -0.444. The molecule has 0 radical (unpaired) electrons. The van der Waals surface area contributed by atoms with E-state index in [2.05, 4.69) is 15.6 Å². The molecule has 1 aromatic carbocycles. The number of anilines is 1. The topological polar surface area (TPSA) is 79.6 Å². The van der Waals surface area contributed by atoms with Crippen LogP contribution in [0.3, 0.4) is 0 Å². The number of nitrogens with one attached hydrogen (secondary N) is 2. The Kier molecular flexibility index (Phi) is 5.87. The summed E-state index contributed by atoms with van der Waals surface area (Å²) in [5.74, 6) is 0.234. The number of nitro groups is 1. The Morgan fingerprint density at radius 2 is 2.00 bits per heavy atom. The number of rotatable bonds is 5. The summed E-state index contributed by atoms with van der Waals surface area (Å²) in [6, 6.07) is 9.29. The van der Waals surface area contributed by atoms with Gasteiger partial charge in [-0.2, -0.15) is 0 Å². The predicted octanol–water partition coefficient (Wildman–Crippen LogP) is 2.16. The molecular formula is C12H16N4O2S. The molecule has 0 unspecified atom stereocenters. The molecule has 1 rings (SSSR count). The first-order valence-corrected chi connectivity index (χ1v) is 6.76. The molecule has 0 aromatic heterocycles. The molecule has 0 amide bonds. The Morgan fingerprint density at radius 1 is 1.37 bits per heavy atom. The van der Waals surface area contributed by atoms with Gasteiger partial charge in [0.2, 0.25) is 5.84 Å². The van der Waals surface area contributed by atoms with Crippen molar-refractivity contribution in [3.05, 3.63) is 51.2 Å². The van der Waals surface area contributed by atoms with Crippen LogP contribution in [0.2, 0.25) is 0 Å². The molecule has 0 aliphatic heterocycles. The summed E-state index contributed by atoms with van der Waals surface area (Å²) in [4.78, 5) is 14.7. The quantitative estimate of drug-likeness (QED) is 0.374. The van der Waals surface area contributed by atoms with Crippen molar-refractivity contribution in [2.24, 2.45) is 4.99 Å². The number of hydrogen-bond donors (Lipinski definition) is 2. The van der Waals surface area contributed by atoms with Crippen LogP contribution in [0.15, 0.2) is 46.1 Å². The summed E-state index contributed by atoms with van der Waals surface area (Å²) in [5.41, 5.74) is 0.721. The molecule has 0 spiro atoms. The molecule has 19 heavy (non-hydrogen) atoms. The van der Waals surface area contributed by atoms with E-state index >= 15 is 0 Å². The van der Waals surface area contributed by atoms with Crippen LogP contribution in [0.25, 0.3) is 0 Å². The summed E-state index contributed by atoms with van der Waals surface area (Å²) in [6.45, 7) is 0. The molecule has 0 atom stereocenters. The Balaban J connectivity index is 3.20. The maximum atomic E-state index is 11.2. The highest BCUT2D eigenvalue weighted by atomic mass is 32.2. The normalized spacial score (nSPS) is 12.7. The standard InChI is InChI=1S/C12H16N4O2S/c1-13-11(14-2)10(16(17)18)12(19-3)15-9-7-5-4-6-8-9/h4-8,15H,1-3H3,(H,13,14)/b12-10+. The van der Waals surface area contributed by atoms with Gasteiger partial charge in [-0.05, 0) is 18.4 Å². The van der Waals surface area contributed by atoms with Crippen molar-refractivity contribution in [3.63, 3.8) is 0 Å². The summed E-state index contributed by atoms with van der Waals surface area (Å²) >= 11 is 1.27. The fourth-order valence-electron chi connectivity index (χ4n) is 1.47. The second kappa shape index (κ2) is 7.42. The van der Waals surface area contributed by atoms with E-state index in [9.17, 15) is 10.1 Å². The van der Waals surface area contributed by atoms with Crippen LogP contribution in [-0.2, 0) is 0 Å². The molecule has 0 aliphatic carbocycles. The van der Waals surface area contributed by atoms with Gasteiger partial charge in [0.05, 0.1) is 4.92 Å². The Bertz CT molecular complexity index is 500. The molecule has 0 heterocycles. The molecule has 0 saturated carbocycles. The predicted molar refractivity (Wildman–Crippen MR) is 80.0 cm³/mol. The lowest BCUT2D eigenvalue weighted by molar-refractivity contribution is -0.415. The van der Waals surface area contributed by atoms with E-state index in [1.807, 2.05) is 30.3 Å². The average Bonchev–Trinajstić information content (AvgIpc) is 2.43. The summed E-state index contributed by atoms with van der Waals surface area (Å²) in [7, 11) is 3.11. The number of amidine groups is 1. The number of nitrogens with zero attached hydrogens (tertiary/aromatic N) is 2. The minimum Gasteiger partial charge on any atom is -0.368 e. The van der Waals surface area contributed by atoms with Gasteiger partial charge in [0.15, 0.2) is 5.03 Å². The minimum absolute atomic E-state index is 0.0682. The third kappa shape index (κ3) is 3.99. The zero-order valence-electron chi connectivity index (χ0n) is 11.0. The zero-order chi connectivity index (χ0) is 14.3. The van der Waals surface area contributed by atoms with Crippen molar-refractivity contribution >= 4 is 23.3 Å². The molecule has 102 valence electrons. The van der Waals surface area contributed by atoms with Gasteiger partial charge < -0.3 is 10.6 Å². The fourth-order valence-corrected chi connectivity index (χ4v) is 2.06. The first-order valence-electron chi connectivity index (χ1n) is 5.53. The van der Waals surface area contributed by atoms with Crippen LogP contribution in [0, 0.1) is 10.1 Å². The van der Waals surface area contributed by atoms with Gasteiger partial charge in [0, 0.05) is 19.8 Å². The lowest BCUT2D eigenvalue weighted by atomic mass is 10.3. The van der Waals surface area contributed by atoms with Crippen LogP contribution >= 0.6 is 11.8 Å². The number of aliphatic imine (C=N–C) groups is 1. The molecule has 0 saturated heterocycles. The Labute approximate surface area is 116 Å². The SMILES string of the molecule is CN=C(NC)/C(=C(/Nc1ccccc1)SC)[N+](=O)[O-]. The molecular weight excluding hydrogens is 264 g/mol. The molecule has 6 nitrogen and oxygen atoms in total. The first kappa shape index (κ1) is 15.0. The van der Waals surface area contributed by atoms with Crippen LogP contribution in [0.4, 0.5) is 5.69 Å². The van der Waals surface area contributed by atoms with E-state index in [-0.39, 0.29) is 11.5 Å². The molecule has 0 aliphatic rings. The molecule has 2 N–H and O–H groups in total. The Hall–Kier alpha value is -2.02. The molecule has 7 heteroatoms. The van der Waals surface area contributed by atoms with Crippen molar-refractivity contribution in [1.82, 2.24) is 5.32 Å². The molecule has 0 fully saturated rings. The van der Waals surface area contributed by atoms with E-state index in [1.54, 1.807) is 13.3 Å². The number of benzene rings is 1. The maximum absolute atomic E-state index is 11.2. The highest BCUT2D eigenvalue weighted by Crippen LogP contribution is 2.21. The number of hydrogen-bond acceptors (Lipinski definition) is 5. The largest absolute Gasteiger partial charge is 0.368 e. The monoisotopic (exact) mass is 280 g/mol. The molecule has 0 bridgehead atoms. The van der Waals surface area contributed by atoms with Crippen molar-refractivity contribution < 1.29 is 4.92 Å². The van der Waals surface area contributed by atoms with E-state index in [1.165, 1.54) is 18.8 Å².